The van der Waals surface area contributed by atoms with E-state index in [9.17, 15) is 0 Å². The molecule has 0 rings (SSSR count). The van der Waals surface area contributed by atoms with Crippen LogP contribution in [-0.2, 0) is 66.4 Å². The molecule has 92 heavy (non-hydrogen) atoms. The van der Waals surface area contributed by atoms with Gasteiger partial charge in [0.1, 0.15) is 0 Å². The van der Waals surface area contributed by atoms with Crippen molar-refractivity contribution in [2.45, 2.75) is 136 Å². The van der Waals surface area contributed by atoms with Crippen LogP contribution in [0, 0.1) is 0 Å². The molecule has 0 heterocycles. The molecule has 32 nitrogen and oxygen atoms in total. The first-order valence-electron chi connectivity index (χ1n) is 31.8. The highest BCUT2D eigenvalue weighted by Gasteiger charge is 2.42. The van der Waals surface area contributed by atoms with Gasteiger partial charge in [-0.2, -0.15) is 0 Å². The first-order chi connectivity index (χ1) is 42.8. The van der Waals surface area contributed by atoms with Gasteiger partial charge in [0.25, 0.3) is 0 Å². The van der Waals surface area contributed by atoms with Gasteiger partial charge in [-0.25, -0.2) is 0 Å². The van der Waals surface area contributed by atoms with E-state index in [-0.39, 0.29) is 24.7 Å². The molecule has 0 saturated carbocycles. The molecule has 568 valence electrons. The van der Waals surface area contributed by atoms with E-state index in [1.807, 2.05) is 95.4 Å². The molecule has 0 bridgehead atoms. The number of rotatable bonds is 48. The molecule has 0 aromatic heterocycles. The van der Waals surface area contributed by atoms with E-state index in [4.69, 9.17) is 132 Å². The lowest BCUT2D eigenvalue weighted by atomic mass is 10.5. The van der Waals surface area contributed by atoms with E-state index < -0.39 is 70.4 Å². The van der Waals surface area contributed by atoms with Crippen LogP contribution >= 0.6 is 0 Å². The predicted octanol–water partition coefficient (Wildman–Crippen LogP) is 0.182. The van der Waals surface area contributed by atoms with Crippen molar-refractivity contribution in [3.8, 4) is 0 Å². The van der Waals surface area contributed by atoms with Gasteiger partial charge in [0.2, 0.25) is 0 Å². The van der Waals surface area contributed by atoms with Crippen LogP contribution in [0.5, 0.6) is 0 Å². The smallest absolute Gasteiger partial charge is 0.390 e. The van der Waals surface area contributed by atoms with Gasteiger partial charge in [0.15, 0.2) is 0 Å². The van der Waals surface area contributed by atoms with Crippen LogP contribution in [0.2, 0.25) is 48.4 Å². The summed E-state index contributed by atoms with van der Waals surface area (Å²) in [4.78, 5) is 83.6. The molecule has 0 unspecified atom stereocenters. The van der Waals surface area contributed by atoms with Gasteiger partial charge in [0, 0.05) is 157 Å². The van der Waals surface area contributed by atoms with Crippen molar-refractivity contribution in [2.75, 3.05) is 211 Å². The quantitative estimate of drug-likeness (QED) is 0.0361. The third kappa shape index (κ3) is 74.7. The number of hydrogen-bond donors (Lipinski definition) is 13. The number of nitrogens with two attached hydrogens (primary N) is 4. The molecule has 0 aliphatic rings. The van der Waals surface area contributed by atoms with Crippen LogP contribution in [0.15, 0.2) is 0 Å². The molecule has 0 aliphatic heterocycles. The average molecular weight is 1490 g/mol. The summed E-state index contributed by atoms with van der Waals surface area (Å²) in [6.07, 6.45) is 3.19. The fourth-order valence-corrected chi connectivity index (χ4v) is 19.8. The van der Waals surface area contributed by atoms with Crippen LogP contribution < -0.4 is 22.9 Å². The van der Waals surface area contributed by atoms with Crippen molar-refractivity contribution >= 4 is 70.4 Å². The van der Waals surface area contributed by atoms with E-state index in [0.29, 0.717) is 104 Å². The summed E-state index contributed by atoms with van der Waals surface area (Å²) in [6.45, 7) is 28.9. The second-order valence-corrected chi connectivity index (χ2v) is 41.2. The molecule has 0 amide bonds. The lowest BCUT2D eigenvalue weighted by Crippen LogP contribution is -2.47. The van der Waals surface area contributed by atoms with E-state index in [0.717, 1.165) is 57.2 Å². The molecular weight excluding hydrogens is 1350 g/mol. The Labute approximate surface area is 567 Å². The minimum absolute atomic E-state index is 0.0451. The first kappa shape index (κ1) is 108. The summed E-state index contributed by atoms with van der Waals surface area (Å²) >= 11 is 0. The van der Waals surface area contributed by atoms with Gasteiger partial charge in [-0.05, 0) is 190 Å². The van der Waals surface area contributed by atoms with Crippen molar-refractivity contribution in [2.24, 2.45) is 22.9 Å². The Kier molecular flexibility index (Phi) is 80.8. The largest absolute Gasteiger partial charge is 0.502 e. The topological polar surface area (TPSA) is 438 Å². The van der Waals surface area contributed by atoms with Gasteiger partial charge in [-0.1, -0.05) is 0 Å². The van der Waals surface area contributed by atoms with Crippen LogP contribution in [0.4, 0.5) is 0 Å². The summed E-state index contributed by atoms with van der Waals surface area (Å²) in [5.74, 6) is 0. The standard InChI is InChI=1S/C11H27NO3Si.C10H25NO3Si.2C8H21NO3Si.2C5H15NO3Si.C3H11NO3Si.C2H9NO3Si/c1-6-13-16(14-7-2,15-8-3)11-9-10-12(4)5;1-6-12-15(13-7-2,14-8-3)10-9-11(4)5;1-9(2)7-6-8-13(10-3,11-4)12-5;1-4-10-13(8-7-9,11-5-2)12-6-3;1-7-10(8-2,9-3)5-4-6;1-6(2)4-3-5-10(7,8)9;4-2-1-3-8(5,6)7;3-1-2-7(4,5)6/h6-11H2,1-5H3;6-10H2,1-5H3;6-8H2,1-5H3;4-9H2,1-3H3;4-6H2,1-3H3;7-9H,3-5H2,1-2H3;5-7H,1-4H2;4-6H,1-3H2. The third-order valence-corrected chi connectivity index (χ3v) is 29.3. The zero-order valence-electron chi connectivity index (χ0n) is 61.8. The fraction of sp³-hybridized carbons (Fsp3) is 1.00. The lowest BCUT2D eigenvalue weighted by Gasteiger charge is -2.29. The van der Waals surface area contributed by atoms with Crippen LogP contribution in [0.1, 0.15) is 88.0 Å². The second-order valence-electron chi connectivity index (χ2n) is 20.6. The van der Waals surface area contributed by atoms with Gasteiger partial charge in [-0.3, -0.25) is 0 Å². The predicted molar refractivity (Wildman–Crippen MR) is 380 cm³/mol. The summed E-state index contributed by atoms with van der Waals surface area (Å²) < 4.78 is 82.3. The maximum Gasteiger partial charge on any atom is 0.502 e. The summed E-state index contributed by atoms with van der Waals surface area (Å²) in [6, 6.07) is 4.09. The van der Waals surface area contributed by atoms with Crippen molar-refractivity contribution in [3.63, 3.8) is 0 Å². The number of hydrogen-bond acceptors (Lipinski definition) is 32. The van der Waals surface area contributed by atoms with Crippen LogP contribution in [0.25, 0.3) is 0 Å². The van der Waals surface area contributed by atoms with Crippen LogP contribution in [-0.4, -0.2) is 344 Å². The summed E-state index contributed by atoms with van der Waals surface area (Å²) in [7, 11) is 2.66. The number of nitrogens with zero attached hydrogens (tertiary/aromatic N) is 4. The average Bonchev–Trinajstić information content (AvgIpc) is 2.07. The Bertz CT molecular complexity index is 1400. The van der Waals surface area contributed by atoms with Gasteiger partial charge in [0.05, 0.1) is 0 Å². The van der Waals surface area contributed by atoms with Crippen molar-refractivity contribution in [1.29, 1.82) is 0 Å². The van der Waals surface area contributed by atoms with Gasteiger partial charge >= 0.3 is 70.4 Å². The third-order valence-electron chi connectivity index (χ3n) is 11.4. The first-order valence-corrected chi connectivity index (χ1v) is 47.6. The van der Waals surface area contributed by atoms with Crippen molar-refractivity contribution in [1.82, 2.24) is 19.6 Å². The molecule has 0 fully saturated rings. The highest BCUT2D eigenvalue weighted by Crippen LogP contribution is 2.20. The summed E-state index contributed by atoms with van der Waals surface area (Å²) in [5.41, 5.74) is 20.7. The highest BCUT2D eigenvalue weighted by atomic mass is 28.4. The van der Waals surface area contributed by atoms with Gasteiger partial charge in [-0.15, -0.1) is 0 Å². The Hall–Kier alpha value is 0.455. The minimum atomic E-state index is -3.78. The maximum atomic E-state index is 8.56. The molecule has 0 spiro atoms. The minimum Gasteiger partial charge on any atom is -0.390 e. The monoisotopic (exact) mass is 1490 g/mol. The SMILES string of the molecule is CCO[Si](CCCN(C)C)(OCC)OCC.CCO[Si](CCN(C)C)(OCC)OCC.CCO[Si](CCN)(OCC)OCC.CN(C)CCC[Si](O)(O)O.CO[Si](CCCN(C)C)(OC)OC.CO[Si](CCN)(OC)OC.NCCC[Si](O)(O)O.NCC[Si](O)(O)O. The van der Waals surface area contributed by atoms with Crippen molar-refractivity contribution < 1.29 is 110 Å². The Morgan fingerprint density at radius 3 is 0.609 bits per heavy atom. The lowest BCUT2D eigenvalue weighted by molar-refractivity contribution is 0.0689. The molecule has 0 aliphatic carbocycles. The maximum absolute atomic E-state index is 8.56. The molecule has 0 atom stereocenters. The Morgan fingerprint density at radius 2 is 0.435 bits per heavy atom. The zero-order valence-corrected chi connectivity index (χ0v) is 69.8. The summed E-state index contributed by atoms with van der Waals surface area (Å²) in [5, 5.41) is 0. The molecule has 0 aromatic rings. The molecule has 0 aromatic carbocycles. The van der Waals surface area contributed by atoms with E-state index in [2.05, 4.69) is 42.9 Å². The Morgan fingerprint density at radius 1 is 0.239 bits per heavy atom. The molecule has 0 saturated heterocycles. The van der Waals surface area contributed by atoms with Crippen molar-refractivity contribution in [3.05, 3.63) is 0 Å². The normalized spacial score (nSPS) is 12.3. The zero-order chi connectivity index (χ0) is 73.4. The second kappa shape index (κ2) is 68.6. The molecule has 17 N–H and O–H groups in total. The van der Waals surface area contributed by atoms with Crippen LogP contribution in [0.3, 0.4) is 0 Å². The van der Waals surface area contributed by atoms with E-state index >= 15 is 0 Å². The van der Waals surface area contributed by atoms with Gasteiger partial charge < -0.3 is 152 Å². The molecule has 0 radical (unpaired) electrons. The fourth-order valence-electron chi connectivity index (χ4n) is 7.22. The Balaban J connectivity index is -0.000000148. The molecule has 40 heteroatoms. The van der Waals surface area contributed by atoms with E-state index in [1.165, 1.54) is 0 Å². The highest BCUT2D eigenvalue weighted by molar-refractivity contribution is 6.62. The molecular formula is C52H144N8O24Si8. The van der Waals surface area contributed by atoms with E-state index in [1.54, 1.807) is 42.7 Å².